The molecule has 1 saturated carbocycles. The summed E-state index contributed by atoms with van der Waals surface area (Å²) in [7, 11) is -0.758. The average molecular weight is 198 g/mol. The van der Waals surface area contributed by atoms with Crippen LogP contribution in [0.25, 0.3) is 0 Å². The van der Waals surface area contributed by atoms with E-state index in [2.05, 4.69) is 26.6 Å². The lowest BCUT2D eigenvalue weighted by atomic mass is 9.82. The van der Waals surface area contributed by atoms with E-state index in [0.717, 1.165) is 11.8 Å². The molecule has 78 valence electrons. The summed E-state index contributed by atoms with van der Waals surface area (Å²) in [6, 6.07) is 1.55. The average Bonchev–Trinajstić information content (AvgIpc) is 2.02. The Morgan fingerprint density at radius 3 is 2.00 bits per heavy atom. The van der Waals surface area contributed by atoms with E-state index < -0.39 is 8.07 Å². The summed E-state index contributed by atoms with van der Waals surface area (Å²) in [5.74, 6) is 2.10. The third-order valence-electron chi connectivity index (χ3n) is 3.44. The SMILES string of the molecule is CC1CCC(CC[Si](C)(C)C)CC1. The quantitative estimate of drug-likeness (QED) is 0.584. The highest BCUT2D eigenvalue weighted by molar-refractivity contribution is 6.76. The number of rotatable bonds is 3. The zero-order valence-electron chi connectivity index (χ0n) is 9.90. The molecule has 13 heavy (non-hydrogen) atoms. The second kappa shape index (κ2) is 4.63. The summed E-state index contributed by atoms with van der Waals surface area (Å²) in [6.45, 7) is 9.91. The molecular formula is C12H26Si. The lowest BCUT2D eigenvalue weighted by molar-refractivity contribution is 0.283. The molecule has 0 radical (unpaired) electrons. The molecule has 0 bridgehead atoms. The van der Waals surface area contributed by atoms with E-state index in [0.29, 0.717) is 0 Å². The minimum Gasteiger partial charge on any atom is -0.0695 e. The van der Waals surface area contributed by atoms with Crippen LogP contribution in [0.2, 0.25) is 25.7 Å². The van der Waals surface area contributed by atoms with Crippen molar-refractivity contribution in [1.82, 2.24) is 0 Å². The fourth-order valence-corrected chi connectivity index (χ4v) is 3.53. The van der Waals surface area contributed by atoms with Gasteiger partial charge in [-0.3, -0.25) is 0 Å². The highest BCUT2D eigenvalue weighted by Crippen LogP contribution is 2.32. The van der Waals surface area contributed by atoms with Crippen molar-refractivity contribution in [2.45, 2.75) is 64.7 Å². The van der Waals surface area contributed by atoms with Gasteiger partial charge in [0.05, 0.1) is 0 Å². The second-order valence-electron chi connectivity index (χ2n) is 6.23. The molecule has 0 saturated heterocycles. The van der Waals surface area contributed by atoms with Gasteiger partial charge in [0.1, 0.15) is 0 Å². The molecular weight excluding hydrogens is 172 g/mol. The summed E-state index contributed by atoms with van der Waals surface area (Å²) < 4.78 is 0. The minimum atomic E-state index is -0.758. The summed E-state index contributed by atoms with van der Waals surface area (Å²) in [6.07, 6.45) is 7.56. The number of hydrogen-bond acceptors (Lipinski definition) is 0. The molecule has 1 fully saturated rings. The van der Waals surface area contributed by atoms with Crippen LogP contribution in [0.4, 0.5) is 0 Å². The van der Waals surface area contributed by atoms with Gasteiger partial charge in [-0.25, -0.2) is 0 Å². The Hall–Kier alpha value is 0.217. The molecule has 1 heteroatoms. The summed E-state index contributed by atoms with van der Waals surface area (Å²) in [5.41, 5.74) is 0. The van der Waals surface area contributed by atoms with Crippen LogP contribution in [0.5, 0.6) is 0 Å². The van der Waals surface area contributed by atoms with Crippen LogP contribution in [0, 0.1) is 11.8 Å². The molecule has 0 N–H and O–H groups in total. The summed E-state index contributed by atoms with van der Waals surface area (Å²) in [5, 5.41) is 0. The second-order valence-corrected chi connectivity index (χ2v) is 11.8. The zero-order chi connectivity index (χ0) is 9.90. The Morgan fingerprint density at radius 2 is 1.54 bits per heavy atom. The molecule has 0 aromatic rings. The van der Waals surface area contributed by atoms with E-state index in [1.807, 2.05) is 0 Å². The topological polar surface area (TPSA) is 0 Å². The first kappa shape index (κ1) is 11.3. The van der Waals surface area contributed by atoms with Gasteiger partial charge < -0.3 is 0 Å². The fourth-order valence-electron chi connectivity index (χ4n) is 2.25. The van der Waals surface area contributed by atoms with E-state index in [1.165, 1.54) is 32.1 Å². The molecule has 1 rings (SSSR count). The molecule has 0 aliphatic heterocycles. The first-order chi connectivity index (χ1) is 5.97. The van der Waals surface area contributed by atoms with Crippen molar-refractivity contribution >= 4 is 8.07 Å². The van der Waals surface area contributed by atoms with Gasteiger partial charge in [0, 0.05) is 8.07 Å². The van der Waals surface area contributed by atoms with Crippen molar-refractivity contribution in [2.24, 2.45) is 11.8 Å². The van der Waals surface area contributed by atoms with Gasteiger partial charge >= 0.3 is 0 Å². The Balaban J connectivity index is 2.16. The van der Waals surface area contributed by atoms with Crippen LogP contribution in [-0.4, -0.2) is 8.07 Å². The standard InChI is InChI=1S/C12H26Si/c1-11-5-7-12(8-6-11)9-10-13(2,3)4/h11-12H,5-10H2,1-4H3. The summed E-state index contributed by atoms with van der Waals surface area (Å²) in [4.78, 5) is 0. The van der Waals surface area contributed by atoms with Crippen LogP contribution in [-0.2, 0) is 0 Å². The molecule has 0 aromatic heterocycles. The Labute approximate surface area is 85.1 Å². The van der Waals surface area contributed by atoms with Gasteiger partial charge in [-0.1, -0.05) is 64.7 Å². The Morgan fingerprint density at radius 1 is 1.00 bits per heavy atom. The van der Waals surface area contributed by atoms with Crippen molar-refractivity contribution in [1.29, 1.82) is 0 Å². The molecule has 0 unspecified atom stereocenters. The van der Waals surface area contributed by atoms with Crippen molar-refractivity contribution in [3.8, 4) is 0 Å². The van der Waals surface area contributed by atoms with E-state index in [1.54, 1.807) is 6.04 Å². The van der Waals surface area contributed by atoms with Crippen molar-refractivity contribution < 1.29 is 0 Å². The fraction of sp³-hybridized carbons (Fsp3) is 1.00. The monoisotopic (exact) mass is 198 g/mol. The zero-order valence-corrected chi connectivity index (χ0v) is 10.9. The van der Waals surface area contributed by atoms with E-state index >= 15 is 0 Å². The van der Waals surface area contributed by atoms with E-state index in [4.69, 9.17) is 0 Å². The predicted octanol–water partition coefficient (Wildman–Crippen LogP) is 4.54. The van der Waals surface area contributed by atoms with Gasteiger partial charge in [0.25, 0.3) is 0 Å². The van der Waals surface area contributed by atoms with Crippen molar-refractivity contribution in [3.63, 3.8) is 0 Å². The van der Waals surface area contributed by atoms with Crippen molar-refractivity contribution in [2.75, 3.05) is 0 Å². The first-order valence-electron chi connectivity index (χ1n) is 5.97. The van der Waals surface area contributed by atoms with Crippen LogP contribution in [0.15, 0.2) is 0 Å². The normalized spacial score (nSPS) is 30.5. The summed E-state index contributed by atoms with van der Waals surface area (Å²) >= 11 is 0. The van der Waals surface area contributed by atoms with E-state index in [-0.39, 0.29) is 0 Å². The van der Waals surface area contributed by atoms with Crippen LogP contribution >= 0.6 is 0 Å². The third-order valence-corrected chi connectivity index (χ3v) is 5.23. The molecule has 1 aliphatic rings. The Kier molecular flexibility index (Phi) is 4.02. The highest BCUT2D eigenvalue weighted by Gasteiger charge is 2.21. The third kappa shape index (κ3) is 4.85. The smallest absolute Gasteiger partial charge is 0.0442 e. The maximum absolute atomic E-state index is 2.50. The Bertz CT molecular complexity index is 138. The maximum atomic E-state index is 2.50. The van der Waals surface area contributed by atoms with Gasteiger partial charge in [-0.2, -0.15) is 0 Å². The van der Waals surface area contributed by atoms with Crippen LogP contribution in [0.1, 0.15) is 39.0 Å². The highest BCUT2D eigenvalue weighted by atomic mass is 28.3. The van der Waals surface area contributed by atoms with Crippen LogP contribution in [0.3, 0.4) is 0 Å². The molecule has 0 heterocycles. The molecule has 0 amide bonds. The van der Waals surface area contributed by atoms with Gasteiger partial charge in [-0.05, 0) is 11.8 Å². The maximum Gasteiger partial charge on any atom is 0.0442 e. The first-order valence-corrected chi connectivity index (χ1v) is 9.68. The lowest BCUT2D eigenvalue weighted by Gasteiger charge is -2.28. The molecule has 0 nitrogen and oxygen atoms in total. The van der Waals surface area contributed by atoms with Gasteiger partial charge in [0.2, 0.25) is 0 Å². The molecule has 1 aliphatic carbocycles. The number of hydrogen-bond donors (Lipinski definition) is 0. The predicted molar refractivity (Wildman–Crippen MR) is 63.9 cm³/mol. The minimum absolute atomic E-state index is 0.758. The van der Waals surface area contributed by atoms with Crippen LogP contribution < -0.4 is 0 Å². The largest absolute Gasteiger partial charge is 0.0695 e. The van der Waals surface area contributed by atoms with Crippen molar-refractivity contribution in [3.05, 3.63) is 0 Å². The lowest BCUT2D eigenvalue weighted by Crippen LogP contribution is -2.22. The molecule has 0 spiro atoms. The van der Waals surface area contributed by atoms with Gasteiger partial charge in [0.15, 0.2) is 0 Å². The van der Waals surface area contributed by atoms with E-state index in [9.17, 15) is 0 Å². The molecule has 0 atom stereocenters. The van der Waals surface area contributed by atoms with Gasteiger partial charge in [-0.15, -0.1) is 0 Å². The molecule has 0 aromatic carbocycles.